The molecule has 0 radical (unpaired) electrons. The van der Waals surface area contributed by atoms with Crippen LogP contribution in [0.5, 0.6) is 0 Å². The molecule has 1 amide bonds. The molecule has 2 aliphatic rings. The molecule has 0 aromatic carbocycles. The Kier molecular flexibility index (Phi) is 5.32. The van der Waals surface area contributed by atoms with Crippen molar-refractivity contribution in [2.75, 3.05) is 19.8 Å². The molecule has 0 bridgehead atoms. The molecule has 3 rings (SSSR count). The van der Waals surface area contributed by atoms with Gasteiger partial charge in [0.1, 0.15) is 17.4 Å². The minimum Gasteiger partial charge on any atom is -0.444 e. The predicted octanol–water partition coefficient (Wildman–Crippen LogP) is 2.85. The van der Waals surface area contributed by atoms with E-state index < -0.39 is 17.7 Å². The van der Waals surface area contributed by atoms with Gasteiger partial charge in [0.25, 0.3) is 0 Å². The van der Waals surface area contributed by atoms with Crippen LogP contribution >= 0.6 is 0 Å². The van der Waals surface area contributed by atoms with Crippen LogP contribution in [0.25, 0.3) is 0 Å². The van der Waals surface area contributed by atoms with Gasteiger partial charge in [0, 0.05) is 25.3 Å². The lowest BCUT2D eigenvalue weighted by molar-refractivity contribution is -0.121. The molecule has 8 nitrogen and oxygen atoms in total. The summed E-state index contributed by atoms with van der Waals surface area (Å²) >= 11 is 0. The molecular weight excluding hydrogens is 338 g/mol. The van der Waals surface area contributed by atoms with Crippen molar-refractivity contribution in [2.24, 2.45) is 5.92 Å². The maximum absolute atomic E-state index is 12.5. The van der Waals surface area contributed by atoms with Crippen molar-refractivity contribution in [1.82, 2.24) is 15.0 Å². The third kappa shape index (κ3) is 4.23. The number of hydrogen-bond donors (Lipinski definition) is 0. The van der Waals surface area contributed by atoms with Crippen LogP contribution in [0.2, 0.25) is 0 Å². The van der Waals surface area contributed by atoms with Crippen LogP contribution in [-0.4, -0.2) is 52.3 Å². The average molecular weight is 365 g/mol. The molecule has 144 valence electrons. The fourth-order valence-corrected chi connectivity index (χ4v) is 3.46. The Labute approximate surface area is 153 Å². The van der Waals surface area contributed by atoms with Gasteiger partial charge in [-0.25, -0.2) is 4.79 Å². The summed E-state index contributed by atoms with van der Waals surface area (Å²) in [6.45, 7) is 8.69. The second-order valence-electron chi connectivity index (χ2n) is 8.12. The van der Waals surface area contributed by atoms with Gasteiger partial charge < -0.3 is 14.0 Å². The van der Waals surface area contributed by atoms with E-state index in [1.165, 1.54) is 0 Å². The predicted molar refractivity (Wildman–Crippen MR) is 91.6 cm³/mol. The zero-order valence-corrected chi connectivity index (χ0v) is 15.9. The number of nitrogens with zero attached hydrogens (tertiary/aromatic N) is 3. The summed E-state index contributed by atoms with van der Waals surface area (Å²) < 4.78 is 16.5. The highest BCUT2D eigenvalue weighted by atomic mass is 16.6. The third-order valence-electron chi connectivity index (χ3n) is 4.80. The molecule has 1 saturated heterocycles. The highest BCUT2D eigenvalue weighted by Gasteiger charge is 2.37. The Morgan fingerprint density at radius 3 is 2.81 bits per heavy atom. The van der Waals surface area contributed by atoms with Crippen molar-refractivity contribution in [3.05, 3.63) is 11.7 Å². The first kappa shape index (κ1) is 18.8. The number of carbonyl (C=O) groups is 2. The topological polar surface area (TPSA) is 94.8 Å². The molecule has 8 heteroatoms. The molecule has 0 unspecified atom stereocenters. The van der Waals surface area contributed by atoms with Gasteiger partial charge in [0.05, 0.1) is 13.2 Å². The van der Waals surface area contributed by atoms with E-state index >= 15 is 0 Å². The van der Waals surface area contributed by atoms with Crippen LogP contribution in [0.15, 0.2) is 4.52 Å². The van der Waals surface area contributed by atoms with Crippen LogP contribution in [0.4, 0.5) is 4.79 Å². The highest BCUT2D eigenvalue weighted by molar-refractivity contribution is 5.79. The largest absolute Gasteiger partial charge is 0.444 e. The smallest absolute Gasteiger partial charge is 0.411 e. The van der Waals surface area contributed by atoms with E-state index in [4.69, 9.17) is 14.0 Å². The van der Waals surface area contributed by atoms with E-state index in [0.29, 0.717) is 44.3 Å². The van der Waals surface area contributed by atoms with E-state index in [9.17, 15) is 9.59 Å². The van der Waals surface area contributed by atoms with Crippen molar-refractivity contribution in [1.29, 1.82) is 0 Å². The lowest BCUT2D eigenvalue weighted by Crippen LogP contribution is -2.46. The molecule has 0 N–H and O–H groups in total. The number of aromatic nitrogens is 2. The van der Waals surface area contributed by atoms with Crippen LogP contribution in [0.3, 0.4) is 0 Å². The molecule has 0 spiro atoms. The lowest BCUT2D eigenvalue weighted by atomic mass is 9.80. The molecule has 1 aliphatic carbocycles. The molecule has 3 atom stereocenters. The number of amides is 1. The summed E-state index contributed by atoms with van der Waals surface area (Å²) in [5, 5.41) is 4.10. The summed E-state index contributed by atoms with van der Waals surface area (Å²) in [5.74, 6) is 1.50. The minimum atomic E-state index is -0.577. The first-order valence-corrected chi connectivity index (χ1v) is 9.17. The Hall–Kier alpha value is -1.96. The second kappa shape index (κ2) is 7.34. The van der Waals surface area contributed by atoms with Gasteiger partial charge in [-0.1, -0.05) is 12.1 Å². The first-order valence-electron chi connectivity index (χ1n) is 9.17. The molecule has 1 aromatic rings. The number of ether oxygens (including phenoxy) is 2. The van der Waals surface area contributed by atoms with Crippen LogP contribution in [0.1, 0.15) is 70.6 Å². The standard InChI is InChI=1S/C18H27N3O5/c1-11-9-12(22)5-6-13(11)16-19-15(20-26-16)14-10-24-8-7-21(14)17(23)25-18(2,3)4/h11,13-14H,5-10H2,1-4H3/t11-,13-,14-/m1/s1. The molecule has 2 fully saturated rings. The summed E-state index contributed by atoms with van der Waals surface area (Å²) in [5.41, 5.74) is -0.577. The Morgan fingerprint density at radius 2 is 2.12 bits per heavy atom. The van der Waals surface area contributed by atoms with Gasteiger partial charge in [-0.15, -0.1) is 0 Å². The van der Waals surface area contributed by atoms with Crippen molar-refractivity contribution >= 4 is 11.9 Å². The summed E-state index contributed by atoms with van der Waals surface area (Å²) in [4.78, 5) is 30.3. The van der Waals surface area contributed by atoms with Gasteiger partial charge in [-0.3, -0.25) is 9.69 Å². The number of rotatable bonds is 2. The molecule has 26 heavy (non-hydrogen) atoms. The molecule has 1 saturated carbocycles. The van der Waals surface area contributed by atoms with E-state index in [1.807, 2.05) is 27.7 Å². The second-order valence-corrected chi connectivity index (χ2v) is 8.12. The maximum atomic E-state index is 12.5. The van der Waals surface area contributed by atoms with Crippen LogP contribution in [-0.2, 0) is 14.3 Å². The number of carbonyl (C=O) groups excluding carboxylic acids is 2. The third-order valence-corrected chi connectivity index (χ3v) is 4.80. The average Bonchev–Trinajstić information content (AvgIpc) is 3.03. The number of Topliss-reactive ketones (excluding diaryl/α,β-unsaturated/α-hetero) is 1. The number of ketones is 1. The summed E-state index contributed by atoms with van der Waals surface area (Å²) in [6, 6.07) is -0.434. The zero-order chi connectivity index (χ0) is 18.9. The highest BCUT2D eigenvalue weighted by Crippen LogP contribution is 2.36. The van der Waals surface area contributed by atoms with E-state index in [2.05, 4.69) is 10.1 Å². The Bertz CT molecular complexity index is 666. The molecular formula is C18H27N3O5. The van der Waals surface area contributed by atoms with Gasteiger partial charge in [-0.2, -0.15) is 4.98 Å². The summed E-state index contributed by atoms with van der Waals surface area (Å²) in [6.07, 6.45) is 1.40. The fraction of sp³-hybridized carbons (Fsp3) is 0.778. The van der Waals surface area contributed by atoms with Crippen LogP contribution in [0, 0.1) is 5.92 Å². The van der Waals surface area contributed by atoms with Gasteiger partial charge in [0.2, 0.25) is 5.89 Å². The van der Waals surface area contributed by atoms with E-state index in [0.717, 1.165) is 6.42 Å². The van der Waals surface area contributed by atoms with Gasteiger partial charge >= 0.3 is 6.09 Å². The Balaban J connectivity index is 1.75. The van der Waals surface area contributed by atoms with Crippen molar-refractivity contribution < 1.29 is 23.6 Å². The quantitative estimate of drug-likeness (QED) is 0.795. The lowest BCUT2D eigenvalue weighted by Gasteiger charge is -2.34. The fourth-order valence-electron chi connectivity index (χ4n) is 3.46. The first-order chi connectivity index (χ1) is 12.2. The monoisotopic (exact) mass is 365 g/mol. The minimum absolute atomic E-state index is 0.0773. The normalized spacial score (nSPS) is 27.5. The van der Waals surface area contributed by atoms with Crippen molar-refractivity contribution in [3.8, 4) is 0 Å². The molecule has 2 heterocycles. The summed E-state index contributed by atoms with van der Waals surface area (Å²) in [7, 11) is 0. The number of morpholine rings is 1. The van der Waals surface area contributed by atoms with Crippen LogP contribution < -0.4 is 0 Å². The van der Waals surface area contributed by atoms with Gasteiger partial charge in [-0.05, 0) is 33.1 Å². The molecule has 1 aromatic heterocycles. The molecule has 1 aliphatic heterocycles. The van der Waals surface area contributed by atoms with E-state index in [1.54, 1.807) is 4.90 Å². The Morgan fingerprint density at radius 1 is 1.35 bits per heavy atom. The van der Waals surface area contributed by atoms with Crippen molar-refractivity contribution in [3.63, 3.8) is 0 Å². The van der Waals surface area contributed by atoms with E-state index in [-0.39, 0.29) is 17.6 Å². The van der Waals surface area contributed by atoms with Gasteiger partial charge in [0.15, 0.2) is 5.82 Å². The van der Waals surface area contributed by atoms with Crippen molar-refractivity contribution in [2.45, 2.75) is 64.5 Å². The zero-order valence-electron chi connectivity index (χ0n) is 15.9. The maximum Gasteiger partial charge on any atom is 0.411 e. The number of hydrogen-bond acceptors (Lipinski definition) is 7. The SMILES string of the molecule is C[C@@H]1CC(=O)CC[C@H]1c1nc([C@H]2COCCN2C(=O)OC(C)(C)C)no1.